The van der Waals surface area contributed by atoms with Crippen LogP contribution in [0.25, 0.3) is 0 Å². The van der Waals surface area contributed by atoms with Gasteiger partial charge in [-0.05, 0) is 24.6 Å². The Balaban J connectivity index is 2.94. The molecule has 1 unspecified atom stereocenters. The van der Waals surface area contributed by atoms with Crippen molar-refractivity contribution >= 4 is 11.9 Å². The van der Waals surface area contributed by atoms with Gasteiger partial charge in [-0.15, -0.1) is 0 Å². The van der Waals surface area contributed by atoms with Gasteiger partial charge in [0.25, 0.3) is 0 Å². The molecule has 0 saturated heterocycles. The molecule has 2 N–H and O–H groups in total. The van der Waals surface area contributed by atoms with E-state index in [0.717, 1.165) is 0 Å². The first-order valence-electron chi connectivity index (χ1n) is 5.06. The molecule has 1 aromatic carbocycles. The summed E-state index contributed by atoms with van der Waals surface area (Å²) >= 11 is 0. The minimum Gasteiger partial charge on any atom is -0.465 e. The van der Waals surface area contributed by atoms with Crippen LogP contribution in [0.1, 0.15) is 28.8 Å². The van der Waals surface area contributed by atoms with E-state index in [1.807, 2.05) is 6.07 Å². The standard InChI is InChI=1S/C12H12N2O3/c1-2-17-12(16)10(7-13)8-3-5-9(6-4-8)11(14)15/h3-6,10H,2H2,1H3,(H2,14,15). The smallest absolute Gasteiger partial charge is 0.327 e. The van der Waals surface area contributed by atoms with Crippen molar-refractivity contribution in [2.45, 2.75) is 12.8 Å². The van der Waals surface area contributed by atoms with E-state index < -0.39 is 17.8 Å². The van der Waals surface area contributed by atoms with E-state index in [0.29, 0.717) is 11.1 Å². The van der Waals surface area contributed by atoms with Crippen LogP contribution < -0.4 is 5.73 Å². The molecular weight excluding hydrogens is 220 g/mol. The van der Waals surface area contributed by atoms with Gasteiger partial charge in [-0.1, -0.05) is 12.1 Å². The maximum Gasteiger partial charge on any atom is 0.327 e. The van der Waals surface area contributed by atoms with Gasteiger partial charge in [0.1, 0.15) is 0 Å². The third-order valence-corrected chi connectivity index (χ3v) is 2.18. The number of benzene rings is 1. The van der Waals surface area contributed by atoms with Crippen LogP contribution in [0.4, 0.5) is 0 Å². The molecule has 0 fully saturated rings. The molecule has 1 rings (SSSR count). The molecule has 0 spiro atoms. The van der Waals surface area contributed by atoms with Gasteiger partial charge in [-0.2, -0.15) is 5.26 Å². The summed E-state index contributed by atoms with van der Waals surface area (Å²) in [7, 11) is 0. The lowest BCUT2D eigenvalue weighted by molar-refractivity contribution is -0.143. The number of hydrogen-bond donors (Lipinski definition) is 1. The highest BCUT2D eigenvalue weighted by molar-refractivity contribution is 5.93. The average molecular weight is 232 g/mol. The summed E-state index contributed by atoms with van der Waals surface area (Å²) in [5.74, 6) is -2.13. The molecule has 0 aromatic heterocycles. The van der Waals surface area contributed by atoms with Crippen LogP contribution >= 0.6 is 0 Å². The lowest BCUT2D eigenvalue weighted by Crippen LogP contribution is -2.15. The highest BCUT2D eigenvalue weighted by Crippen LogP contribution is 2.17. The van der Waals surface area contributed by atoms with Gasteiger partial charge in [0, 0.05) is 5.56 Å². The van der Waals surface area contributed by atoms with E-state index >= 15 is 0 Å². The van der Waals surface area contributed by atoms with Crippen LogP contribution in [-0.2, 0) is 9.53 Å². The Labute approximate surface area is 98.8 Å². The first kappa shape index (κ1) is 12.7. The third-order valence-electron chi connectivity index (χ3n) is 2.18. The van der Waals surface area contributed by atoms with Crippen LogP contribution in [0, 0.1) is 11.3 Å². The van der Waals surface area contributed by atoms with Crippen molar-refractivity contribution in [3.05, 3.63) is 35.4 Å². The van der Waals surface area contributed by atoms with Crippen molar-refractivity contribution in [1.29, 1.82) is 5.26 Å². The van der Waals surface area contributed by atoms with Crippen LogP contribution in [0.2, 0.25) is 0 Å². The number of amides is 1. The summed E-state index contributed by atoms with van der Waals surface area (Å²) < 4.78 is 4.77. The second kappa shape index (κ2) is 5.66. The Kier molecular flexibility index (Phi) is 4.23. The number of ether oxygens (including phenoxy) is 1. The number of nitriles is 1. The normalized spacial score (nSPS) is 11.3. The Morgan fingerprint density at radius 2 is 2.00 bits per heavy atom. The Morgan fingerprint density at radius 3 is 2.41 bits per heavy atom. The van der Waals surface area contributed by atoms with Crippen molar-refractivity contribution in [2.24, 2.45) is 5.73 Å². The quantitative estimate of drug-likeness (QED) is 0.782. The lowest BCUT2D eigenvalue weighted by Gasteiger charge is -2.08. The number of esters is 1. The molecule has 1 amide bonds. The molecule has 17 heavy (non-hydrogen) atoms. The minimum atomic E-state index is -0.975. The number of nitrogens with zero attached hydrogens (tertiary/aromatic N) is 1. The Hall–Kier alpha value is -2.35. The SMILES string of the molecule is CCOC(=O)C(C#N)c1ccc(C(N)=O)cc1. The van der Waals surface area contributed by atoms with Crippen LogP contribution in [0.15, 0.2) is 24.3 Å². The highest BCUT2D eigenvalue weighted by atomic mass is 16.5. The summed E-state index contributed by atoms with van der Waals surface area (Å²) in [5.41, 5.74) is 5.89. The van der Waals surface area contributed by atoms with Crippen LogP contribution in [0.3, 0.4) is 0 Å². The molecule has 88 valence electrons. The zero-order chi connectivity index (χ0) is 12.8. The summed E-state index contributed by atoms with van der Waals surface area (Å²) in [6.07, 6.45) is 0. The summed E-state index contributed by atoms with van der Waals surface area (Å²) in [6.45, 7) is 1.89. The summed E-state index contributed by atoms with van der Waals surface area (Å²) in [4.78, 5) is 22.3. The molecule has 1 atom stereocenters. The fourth-order valence-corrected chi connectivity index (χ4v) is 1.33. The largest absolute Gasteiger partial charge is 0.465 e. The molecule has 1 aromatic rings. The van der Waals surface area contributed by atoms with Crippen molar-refractivity contribution in [3.8, 4) is 6.07 Å². The number of rotatable bonds is 4. The molecule has 0 bridgehead atoms. The van der Waals surface area contributed by atoms with Gasteiger partial charge < -0.3 is 10.5 Å². The summed E-state index contributed by atoms with van der Waals surface area (Å²) in [5, 5.41) is 8.91. The molecule has 0 aliphatic rings. The fraction of sp³-hybridized carbons (Fsp3) is 0.250. The van der Waals surface area contributed by atoms with E-state index in [2.05, 4.69) is 0 Å². The predicted octanol–water partition coefficient (Wildman–Crippen LogP) is 0.956. The van der Waals surface area contributed by atoms with Crippen LogP contribution in [0.5, 0.6) is 0 Å². The molecule has 0 aliphatic heterocycles. The van der Waals surface area contributed by atoms with E-state index in [4.69, 9.17) is 15.7 Å². The van der Waals surface area contributed by atoms with Crippen molar-refractivity contribution in [2.75, 3.05) is 6.61 Å². The van der Waals surface area contributed by atoms with Gasteiger partial charge in [0.05, 0.1) is 12.7 Å². The number of hydrogen-bond acceptors (Lipinski definition) is 4. The van der Waals surface area contributed by atoms with Gasteiger partial charge in [-0.3, -0.25) is 9.59 Å². The van der Waals surface area contributed by atoms with Crippen molar-refractivity contribution in [1.82, 2.24) is 0 Å². The highest BCUT2D eigenvalue weighted by Gasteiger charge is 2.21. The first-order valence-corrected chi connectivity index (χ1v) is 5.06. The number of primary amides is 1. The zero-order valence-corrected chi connectivity index (χ0v) is 9.34. The van der Waals surface area contributed by atoms with E-state index in [1.54, 1.807) is 6.92 Å². The number of carbonyl (C=O) groups excluding carboxylic acids is 2. The monoisotopic (exact) mass is 232 g/mol. The topological polar surface area (TPSA) is 93.2 Å². The maximum atomic E-state index is 11.5. The minimum absolute atomic E-state index is 0.219. The van der Waals surface area contributed by atoms with Crippen molar-refractivity contribution < 1.29 is 14.3 Å². The molecular formula is C12H12N2O3. The predicted molar refractivity (Wildman–Crippen MR) is 59.9 cm³/mol. The molecule has 0 saturated carbocycles. The van der Waals surface area contributed by atoms with Crippen LogP contribution in [-0.4, -0.2) is 18.5 Å². The van der Waals surface area contributed by atoms with Crippen molar-refractivity contribution in [3.63, 3.8) is 0 Å². The second-order valence-corrected chi connectivity index (χ2v) is 3.30. The van der Waals surface area contributed by atoms with Gasteiger partial charge >= 0.3 is 5.97 Å². The molecule has 5 nitrogen and oxygen atoms in total. The average Bonchev–Trinajstić information content (AvgIpc) is 2.31. The number of carbonyl (C=O) groups is 2. The Morgan fingerprint density at radius 1 is 1.41 bits per heavy atom. The lowest BCUT2D eigenvalue weighted by atomic mass is 9.99. The second-order valence-electron chi connectivity index (χ2n) is 3.30. The fourth-order valence-electron chi connectivity index (χ4n) is 1.33. The number of nitrogens with two attached hydrogens (primary N) is 1. The molecule has 0 aliphatic carbocycles. The summed E-state index contributed by atoms with van der Waals surface area (Å²) in [6, 6.07) is 7.85. The van der Waals surface area contributed by atoms with E-state index in [-0.39, 0.29) is 6.61 Å². The Bertz CT molecular complexity index is 460. The molecule has 5 heteroatoms. The first-order chi connectivity index (χ1) is 8.10. The van der Waals surface area contributed by atoms with Gasteiger partial charge in [0.15, 0.2) is 5.92 Å². The van der Waals surface area contributed by atoms with E-state index in [9.17, 15) is 9.59 Å². The molecule has 0 heterocycles. The zero-order valence-electron chi connectivity index (χ0n) is 9.34. The maximum absolute atomic E-state index is 11.5. The van der Waals surface area contributed by atoms with Gasteiger partial charge in [0.2, 0.25) is 5.91 Å². The van der Waals surface area contributed by atoms with E-state index in [1.165, 1.54) is 24.3 Å². The van der Waals surface area contributed by atoms with Gasteiger partial charge in [-0.25, -0.2) is 0 Å². The molecule has 0 radical (unpaired) electrons. The third kappa shape index (κ3) is 3.05.